The van der Waals surface area contributed by atoms with E-state index < -0.39 is 12.0 Å². The summed E-state index contributed by atoms with van der Waals surface area (Å²) in [6.45, 7) is 0.690. The number of hydrogen-bond donors (Lipinski definition) is 1. The molecule has 0 bridgehead atoms. The normalized spacial score (nSPS) is 17.9. The molecule has 0 aromatic heterocycles. The molecule has 2 aromatic rings. The summed E-state index contributed by atoms with van der Waals surface area (Å²) in [6.07, 6.45) is 1.46. The molecule has 2 aromatic carbocycles. The Bertz CT molecular complexity index is 839. The number of rotatable bonds is 7. The van der Waals surface area contributed by atoms with Crippen LogP contribution in [0.2, 0.25) is 0 Å². The Morgan fingerprint density at radius 2 is 1.68 bits per heavy atom. The lowest BCUT2D eigenvalue weighted by molar-refractivity contribution is -0.142. The highest BCUT2D eigenvalue weighted by molar-refractivity contribution is 9.10. The van der Waals surface area contributed by atoms with E-state index in [1.54, 1.807) is 27.4 Å². The lowest BCUT2D eigenvalue weighted by atomic mass is 9.95. The van der Waals surface area contributed by atoms with E-state index >= 15 is 0 Å². The highest BCUT2D eigenvalue weighted by Crippen LogP contribution is 2.44. The zero-order valence-corrected chi connectivity index (χ0v) is 17.7. The number of aliphatic carboxylic acids is 1. The van der Waals surface area contributed by atoms with Crippen LogP contribution in [0.25, 0.3) is 0 Å². The molecule has 7 heteroatoms. The van der Waals surface area contributed by atoms with Crippen molar-refractivity contribution >= 4 is 21.9 Å². The molecule has 1 N–H and O–H groups in total. The van der Waals surface area contributed by atoms with Crippen LogP contribution in [0, 0.1) is 0 Å². The maximum atomic E-state index is 11.9. The van der Waals surface area contributed by atoms with E-state index in [-0.39, 0.29) is 6.04 Å². The third kappa shape index (κ3) is 3.95. The molecule has 6 nitrogen and oxygen atoms in total. The fraction of sp³-hybridized carbons (Fsp3) is 0.381. The van der Waals surface area contributed by atoms with Crippen molar-refractivity contribution in [1.82, 2.24) is 4.90 Å². The average Bonchev–Trinajstić information content (AvgIpc) is 3.18. The van der Waals surface area contributed by atoms with Crippen molar-refractivity contribution in [3.05, 3.63) is 52.0 Å². The van der Waals surface area contributed by atoms with Gasteiger partial charge < -0.3 is 19.3 Å². The van der Waals surface area contributed by atoms with Crippen LogP contribution in [0.15, 0.2) is 40.9 Å². The van der Waals surface area contributed by atoms with Crippen molar-refractivity contribution in [2.45, 2.75) is 24.9 Å². The lowest BCUT2D eigenvalue weighted by Gasteiger charge is -2.33. The summed E-state index contributed by atoms with van der Waals surface area (Å²) in [5, 5.41) is 9.75. The number of benzene rings is 2. The number of carboxylic acid groups (broad SMARTS) is 1. The van der Waals surface area contributed by atoms with Gasteiger partial charge in [-0.2, -0.15) is 0 Å². The number of hydrogen-bond acceptors (Lipinski definition) is 5. The smallest absolute Gasteiger partial charge is 0.320 e. The predicted molar refractivity (Wildman–Crippen MR) is 109 cm³/mol. The summed E-state index contributed by atoms with van der Waals surface area (Å²) in [4.78, 5) is 13.9. The monoisotopic (exact) mass is 449 g/mol. The zero-order valence-electron chi connectivity index (χ0n) is 16.1. The highest BCUT2D eigenvalue weighted by Gasteiger charge is 2.38. The van der Waals surface area contributed by atoms with Crippen LogP contribution in [-0.4, -0.2) is 49.9 Å². The summed E-state index contributed by atoms with van der Waals surface area (Å²) in [5.41, 5.74) is 1.83. The first-order chi connectivity index (χ1) is 13.5. The average molecular weight is 450 g/mol. The van der Waals surface area contributed by atoms with E-state index in [0.717, 1.165) is 22.0 Å². The van der Waals surface area contributed by atoms with Gasteiger partial charge in [0, 0.05) is 22.6 Å². The summed E-state index contributed by atoms with van der Waals surface area (Å²) in [6, 6.07) is 10.7. The van der Waals surface area contributed by atoms with Crippen LogP contribution in [0.1, 0.15) is 30.0 Å². The Labute approximate surface area is 173 Å². The quantitative estimate of drug-likeness (QED) is 0.685. The Balaban J connectivity index is 2.19. The van der Waals surface area contributed by atoms with E-state index in [4.69, 9.17) is 14.2 Å². The van der Waals surface area contributed by atoms with Gasteiger partial charge in [-0.25, -0.2) is 0 Å². The molecule has 1 heterocycles. The van der Waals surface area contributed by atoms with Crippen molar-refractivity contribution in [2.75, 3.05) is 27.9 Å². The Kier molecular flexibility index (Phi) is 6.46. The minimum absolute atomic E-state index is 0.286. The van der Waals surface area contributed by atoms with E-state index in [1.165, 1.54) is 0 Å². The van der Waals surface area contributed by atoms with Crippen molar-refractivity contribution in [2.24, 2.45) is 0 Å². The number of likely N-dealkylation sites (tertiary alicyclic amines) is 1. The standard InChI is InChI=1S/C21H24BrNO5/c1-26-17-12-19(28-3)18(27-2)11-15(17)20(13-6-8-14(22)9-7-13)23-10-4-5-16(23)21(24)25/h6-9,11-12,16,20H,4-5,10H2,1-3H3,(H,24,25). The van der Waals surface area contributed by atoms with Crippen molar-refractivity contribution in [3.8, 4) is 17.2 Å². The molecule has 1 fully saturated rings. The SMILES string of the molecule is COc1cc(OC)c(C(c2ccc(Br)cc2)N2CCCC2C(=O)O)cc1OC. The molecule has 1 aliphatic heterocycles. The van der Waals surface area contributed by atoms with Crippen LogP contribution in [0.3, 0.4) is 0 Å². The van der Waals surface area contributed by atoms with E-state index in [9.17, 15) is 9.90 Å². The molecule has 3 rings (SSSR count). The van der Waals surface area contributed by atoms with E-state index in [1.807, 2.05) is 35.2 Å². The van der Waals surface area contributed by atoms with Crippen LogP contribution < -0.4 is 14.2 Å². The summed E-state index contributed by atoms with van der Waals surface area (Å²) < 4.78 is 17.5. The van der Waals surface area contributed by atoms with E-state index in [0.29, 0.717) is 30.2 Å². The molecular weight excluding hydrogens is 426 g/mol. The molecule has 1 saturated heterocycles. The second-order valence-corrected chi connectivity index (χ2v) is 7.55. The van der Waals surface area contributed by atoms with Gasteiger partial charge in [-0.1, -0.05) is 28.1 Å². The third-order valence-corrected chi connectivity index (χ3v) is 5.66. The fourth-order valence-corrected chi connectivity index (χ4v) is 4.09. The zero-order chi connectivity index (χ0) is 20.3. The van der Waals surface area contributed by atoms with Gasteiger partial charge in [0.15, 0.2) is 11.5 Å². The molecule has 28 heavy (non-hydrogen) atoms. The van der Waals surface area contributed by atoms with Crippen LogP contribution >= 0.6 is 15.9 Å². The topological polar surface area (TPSA) is 68.2 Å². The Morgan fingerprint density at radius 3 is 2.25 bits per heavy atom. The summed E-state index contributed by atoms with van der Waals surface area (Å²) in [7, 11) is 4.75. The van der Waals surface area contributed by atoms with Crippen molar-refractivity contribution in [1.29, 1.82) is 0 Å². The van der Waals surface area contributed by atoms with Crippen LogP contribution in [-0.2, 0) is 4.79 Å². The van der Waals surface area contributed by atoms with Gasteiger partial charge in [0.2, 0.25) is 0 Å². The number of ether oxygens (including phenoxy) is 3. The molecular formula is C21H24BrNO5. The van der Waals surface area contributed by atoms with Crippen LogP contribution in [0.4, 0.5) is 0 Å². The van der Waals surface area contributed by atoms with Crippen molar-refractivity contribution < 1.29 is 24.1 Å². The van der Waals surface area contributed by atoms with Crippen molar-refractivity contribution in [3.63, 3.8) is 0 Å². The first-order valence-corrected chi connectivity index (χ1v) is 9.83. The van der Waals surface area contributed by atoms with Gasteiger partial charge in [-0.05, 0) is 36.6 Å². The molecule has 0 amide bonds. The second kappa shape index (κ2) is 8.84. The number of methoxy groups -OCH3 is 3. The Morgan fingerprint density at radius 1 is 1.07 bits per heavy atom. The van der Waals surface area contributed by atoms with E-state index in [2.05, 4.69) is 15.9 Å². The molecule has 2 atom stereocenters. The van der Waals surface area contributed by atoms with Gasteiger partial charge in [-0.3, -0.25) is 9.69 Å². The second-order valence-electron chi connectivity index (χ2n) is 6.64. The number of nitrogens with zero attached hydrogens (tertiary/aromatic N) is 1. The molecule has 1 aliphatic rings. The minimum atomic E-state index is -0.806. The maximum Gasteiger partial charge on any atom is 0.320 e. The van der Waals surface area contributed by atoms with Gasteiger partial charge in [0.05, 0.1) is 27.4 Å². The number of carboxylic acids is 1. The first kappa shape index (κ1) is 20.5. The predicted octanol–water partition coefficient (Wildman–Crippen LogP) is 4.11. The lowest BCUT2D eigenvalue weighted by Crippen LogP contribution is -2.39. The molecule has 0 aliphatic carbocycles. The maximum absolute atomic E-state index is 11.9. The van der Waals surface area contributed by atoms with Gasteiger partial charge in [0.1, 0.15) is 11.8 Å². The highest BCUT2D eigenvalue weighted by atomic mass is 79.9. The van der Waals surface area contributed by atoms with Crippen LogP contribution in [0.5, 0.6) is 17.2 Å². The summed E-state index contributed by atoms with van der Waals surface area (Å²) >= 11 is 3.47. The molecule has 2 unspecified atom stereocenters. The number of halogens is 1. The third-order valence-electron chi connectivity index (χ3n) is 5.13. The first-order valence-electron chi connectivity index (χ1n) is 9.04. The summed E-state index contributed by atoms with van der Waals surface area (Å²) in [5.74, 6) is 0.959. The molecule has 0 spiro atoms. The molecule has 0 saturated carbocycles. The Hall–Kier alpha value is -2.25. The minimum Gasteiger partial charge on any atom is -0.496 e. The number of carbonyl (C=O) groups is 1. The molecule has 0 radical (unpaired) electrons. The van der Waals surface area contributed by atoms with Gasteiger partial charge >= 0.3 is 5.97 Å². The molecule has 150 valence electrons. The van der Waals surface area contributed by atoms with Gasteiger partial charge in [0.25, 0.3) is 0 Å². The fourth-order valence-electron chi connectivity index (χ4n) is 3.82. The largest absolute Gasteiger partial charge is 0.496 e. The van der Waals surface area contributed by atoms with Gasteiger partial charge in [-0.15, -0.1) is 0 Å².